The van der Waals surface area contributed by atoms with E-state index in [0.717, 1.165) is 34.7 Å². The summed E-state index contributed by atoms with van der Waals surface area (Å²) in [6, 6.07) is 0. The molecule has 0 radical (unpaired) electrons. The van der Waals surface area contributed by atoms with Crippen LogP contribution in [0.1, 0.15) is 5.56 Å². The Kier molecular flexibility index (Phi) is 5.55. The summed E-state index contributed by atoms with van der Waals surface area (Å²) in [6.07, 6.45) is 5.67. The molecule has 2 heterocycles. The molecule has 9 heteroatoms. The second-order valence-corrected chi connectivity index (χ2v) is 5.52. The molecule has 0 saturated heterocycles. The Hall–Kier alpha value is -1.19. The fourth-order valence-corrected chi connectivity index (χ4v) is 2.39. The van der Waals surface area contributed by atoms with Crippen LogP contribution < -0.4 is 5.32 Å². The number of hydrogen-bond donors (Lipinski definition) is 1. The fraction of sp³-hybridized carbons (Fsp3) is 0.500. The van der Waals surface area contributed by atoms with Crippen molar-refractivity contribution < 1.29 is 0 Å². The molecule has 0 saturated carbocycles. The summed E-state index contributed by atoms with van der Waals surface area (Å²) in [7, 11) is 1.83. The molecule has 0 aliphatic carbocycles. The molecule has 0 aliphatic heterocycles. The summed E-state index contributed by atoms with van der Waals surface area (Å²) >= 11 is 3.17. The van der Waals surface area contributed by atoms with Crippen LogP contribution in [-0.4, -0.2) is 48.7 Å². The third-order valence-electron chi connectivity index (χ3n) is 2.28. The van der Waals surface area contributed by atoms with Gasteiger partial charge < -0.3 is 5.32 Å². The second kappa shape index (κ2) is 7.41. The van der Waals surface area contributed by atoms with E-state index in [0.29, 0.717) is 0 Å². The van der Waals surface area contributed by atoms with Gasteiger partial charge in [0.25, 0.3) is 0 Å². The maximum absolute atomic E-state index is 4.23. The number of nitrogens with one attached hydrogen (secondary N) is 1. The predicted octanol–water partition coefficient (Wildman–Crippen LogP) is 0.604. The van der Waals surface area contributed by atoms with Gasteiger partial charge in [-0.1, -0.05) is 23.5 Å². The predicted molar refractivity (Wildman–Crippen MR) is 75.0 cm³/mol. The molecule has 2 aromatic heterocycles. The van der Waals surface area contributed by atoms with E-state index < -0.39 is 0 Å². The molecule has 19 heavy (non-hydrogen) atoms. The summed E-state index contributed by atoms with van der Waals surface area (Å²) < 4.78 is 1.67. The van der Waals surface area contributed by atoms with Crippen molar-refractivity contribution in [1.82, 2.24) is 35.5 Å². The van der Waals surface area contributed by atoms with Crippen molar-refractivity contribution in [2.24, 2.45) is 7.05 Å². The van der Waals surface area contributed by atoms with Crippen LogP contribution in [0.5, 0.6) is 0 Å². The molecule has 0 unspecified atom stereocenters. The van der Waals surface area contributed by atoms with Gasteiger partial charge in [0, 0.05) is 43.8 Å². The van der Waals surface area contributed by atoms with Crippen LogP contribution in [0.4, 0.5) is 0 Å². The molecule has 0 aromatic carbocycles. The van der Waals surface area contributed by atoms with Crippen molar-refractivity contribution in [3.05, 3.63) is 18.0 Å². The van der Waals surface area contributed by atoms with Crippen LogP contribution >= 0.6 is 23.5 Å². The van der Waals surface area contributed by atoms with E-state index in [2.05, 4.69) is 30.8 Å². The van der Waals surface area contributed by atoms with E-state index in [1.807, 2.05) is 25.7 Å². The lowest BCUT2D eigenvalue weighted by atomic mass is 10.3. The molecule has 0 amide bonds. The van der Waals surface area contributed by atoms with Crippen LogP contribution in [0.15, 0.2) is 22.7 Å². The Bertz CT molecular complexity index is 499. The first-order valence-corrected chi connectivity index (χ1v) is 7.91. The Morgan fingerprint density at radius 2 is 2.11 bits per heavy atom. The van der Waals surface area contributed by atoms with Crippen molar-refractivity contribution in [2.75, 3.05) is 18.6 Å². The molecule has 1 N–H and O–H groups in total. The number of nitrogens with zero attached hydrogens (tertiary/aromatic N) is 6. The van der Waals surface area contributed by atoms with E-state index in [1.165, 1.54) is 0 Å². The highest BCUT2D eigenvalue weighted by Gasteiger charge is 2.02. The van der Waals surface area contributed by atoms with Crippen molar-refractivity contribution in [2.45, 2.75) is 16.9 Å². The van der Waals surface area contributed by atoms with E-state index >= 15 is 0 Å². The molecule has 0 bridgehead atoms. The van der Waals surface area contributed by atoms with Crippen LogP contribution in [0, 0.1) is 0 Å². The normalized spacial score (nSPS) is 10.8. The number of aryl methyl sites for hydroxylation is 1. The van der Waals surface area contributed by atoms with Gasteiger partial charge in [0.15, 0.2) is 5.16 Å². The standard InChI is InChI=1S/C10H15N7S2/c1-17-10(14-15-16-17)19-4-3-11-5-8-6-12-9(18-2)13-7-8/h6-7,11H,3-5H2,1-2H3. The Morgan fingerprint density at radius 1 is 1.32 bits per heavy atom. The lowest BCUT2D eigenvalue weighted by Gasteiger charge is -2.04. The van der Waals surface area contributed by atoms with Crippen LogP contribution in [0.3, 0.4) is 0 Å². The van der Waals surface area contributed by atoms with Crippen molar-refractivity contribution >= 4 is 23.5 Å². The van der Waals surface area contributed by atoms with Crippen molar-refractivity contribution in [3.63, 3.8) is 0 Å². The summed E-state index contributed by atoms with van der Waals surface area (Å²) in [5, 5.41) is 16.2. The van der Waals surface area contributed by atoms with Crippen molar-refractivity contribution in [3.8, 4) is 0 Å². The third-order valence-corrected chi connectivity index (χ3v) is 3.87. The quantitative estimate of drug-likeness (QED) is 0.452. The zero-order valence-electron chi connectivity index (χ0n) is 10.8. The molecule has 102 valence electrons. The number of hydrogen-bond acceptors (Lipinski definition) is 8. The van der Waals surface area contributed by atoms with Gasteiger partial charge in [0.1, 0.15) is 0 Å². The lowest BCUT2D eigenvalue weighted by molar-refractivity contribution is 0.663. The Balaban J connectivity index is 1.65. The van der Waals surface area contributed by atoms with Gasteiger partial charge in [-0.25, -0.2) is 14.6 Å². The van der Waals surface area contributed by atoms with Gasteiger partial charge in [-0.3, -0.25) is 0 Å². The maximum Gasteiger partial charge on any atom is 0.209 e. The average molecular weight is 297 g/mol. The SMILES string of the molecule is CSc1ncc(CNCCSc2nnnn2C)cn1. The fourth-order valence-electron chi connectivity index (χ4n) is 1.33. The van der Waals surface area contributed by atoms with E-state index in [9.17, 15) is 0 Å². The zero-order valence-corrected chi connectivity index (χ0v) is 12.4. The van der Waals surface area contributed by atoms with E-state index in [4.69, 9.17) is 0 Å². The monoisotopic (exact) mass is 297 g/mol. The zero-order chi connectivity index (χ0) is 13.5. The second-order valence-electron chi connectivity index (χ2n) is 3.69. The molecule has 2 aromatic rings. The highest BCUT2D eigenvalue weighted by atomic mass is 32.2. The van der Waals surface area contributed by atoms with Crippen LogP contribution in [0.25, 0.3) is 0 Å². The van der Waals surface area contributed by atoms with Crippen molar-refractivity contribution in [1.29, 1.82) is 0 Å². The van der Waals surface area contributed by atoms with Gasteiger partial charge in [-0.05, 0) is 16.7 Å². The lowest BCUT2D eigenvalue weighted by Crippen LogP contribution is -2.17. The molecular formula is C10H15N7S2. The molecule has 2 rings (SSSR count). The summed E-state index contributed by atoms with van der Waals surface area (Å²) in [6.45, 7) is 1.65. The minimum Gasteiger partial charge on any atom is -0.312 e. The molecule has 0 atom stereocenters. The minimum atomic E-state index is 0.770. The smallest absolute Gasteiger partial charge is 0.209 e. The first-order chi connectivity index (χ1) is 9.29. The average Bonchev–Trinajstić information content (AvgIpc) is 2.85. The topological polar surface area (TPSA) is 81.4 Å². The highest BCUT2D eigenvalue weighted by Crippen LogP contribution is 2.11. The first-order valence-electron chi connectivity index (χ1n) is 5.70. The van der Waals surface area contributed by atoms with E-state index in [-0.39, 0.29) is 0 Å². The number of tetrazole rings is 1. The molecule has 0 spiro atoms. The Morgan fingerprint density at radius 3 is 2.74 bits per heavy atom. The summed E-state index contributed by atoms with van der Waals surface area (Å²) in [5.41, 5.74) is 1.09. The highest BCUT2D eigenvalue weighted by molar-refractivity contribution is 7.99. The van der Waals surface area contributed by atoms with Gasteiger partial charge in [-0.15, -0.1) is 5.10 Å². The minimum absolute atomic E-state index is 0.770. The molecule has 0 fully saturated rings. The van der Waals surface area contributed by atoms with Gasteiger partial charge in [0.05, 0.1) is 0 Å². The largest absolute Gasteiger partial charge is 0.312 e. The summed E-state index contributed by atoms with van der Waals surface area (Å²) in [4.78, 5) is 8.45. The number of thioether (sulfide) groups is 2. The number of rotatable bonds is 7. The molecule has 7 nitrogen and oxygen atoms in total. The summed E-state index contributed by atoms with van der Waals surface area (Å²) in [5.74, 6) is 0.915. The molecular weight excluding hydrogens is 282 g/mol. The number of aromatic nitrogens is 6. The van der Waals surface area contributed by atoms with Gasteiger partial charge in [0.2, 0.25) is 5.16 Å². The van der Waals surface area contributed by atoms with Crippen LogP contribution in [0.2, 0.25) is 0 Å². The van der Waals surface area contributed by atoms with E-state index in [1.54, 1.807) is 28.2 Å². The van der Waals surface area contributed by atoms with Crippen LogP contribution in [-0.2, 0) is 13.6 Å². The third kappa shape index (κ3) is 4.44. The maximum atomic E-state index is 4.23. The van der Waals surface area contributed by atoms with Gasteiger partial charge >= 0.3 is 0 Å². The molecule has 0 aliphatic rings. The Labute approximate surface area is 120 Å². The van der Waals surface area contributed by atoms with Gasteiger partial charge in [-0.2, -0.15) is 0 Å². The first kappa shape index (κ1) is 14.2.